The largest absolute Gasteiger partial charge is 0.573 e. The molecule has 1 aliphatic heterocycles. The number of amides is 1. The smallest absolute Gasteiger partial charge is 0.406 e. The molecule has 0 aromatic heterocycles. The highest BCUT2D eigenvalue weighted by Gasteiger charge is 2.31. The van der Waals surface area contributed by atoms with Crippen molar-refractivity contribution in [2.24, 2.45) is 5.92 Å². The number of benzene rings is 1. The first-order valence-corrected chi connectivity index (χ1v) is 6.15. The molecule has 0 saturated carbocycles. The second-order valence-electron chi connectivity index (χ2n) is 4.74. The van der Waals surface area contributed by atoms with Crippen LogP contribution in [0, 0.1) is 5.92 Å². The Bertz CT molecular complexity index is 469. The molecule has 1 heterocycles. The first-order valence-electron chi connectivity index (χ1n) is 6.15. The van der Waals surface area contributed by atoms with E-state index in [4.69, 9.17) is 0 Å². The van der Waals surface area contributed by atoms with Gasteiger partial charge in [-0.1, -0.05) is 12.1 Å². The van der Waals surface area contributed by atoms with E-state index in [2.05, 4.69) is 10.1 Å². The van der Waals surface area contributed by atoms with E-state index < -0.39 is 6.36 Å². The zero-order valence-corrected chi connectivity index (χ0v) is 10.9. The van der Waals surface area contributed by atoms with Crippen LogP contribution < -0.4 is 10.1 Å². The lowest BCUT2D eigenvalue weighted by atomic mass is 10.0. The number of nitrogens with one attached hydrogen (secondary N) is 1. The summed E-state index contributed by atoms with van der Waals surface area (Å²) in [7, 11) is 1.68. The van der Waals surface area contributed by atoms with Crippen LogP contribution in [0.25, 0.3) is 0 Å². The molecule has 1 aliphatic rings. The molecular weight excluding hydrogens is 273 g/mol. The van der Waals surface area contributed by atoms with Crippen LogP contribution in [0.4, 0.5) is 13.2 Å². The number of carbonyl (C=O) groups excluding carboxylic acids is 1. The fourth-order valence-corrected chi connectivity index (χ4v) is 1.92. The Morgan fingerprint density at radius 3 is 2.40 bits per heavy atom. The van der Waals surface area contributed by atoms with Crippen LogP contribution in [0.15, 0.2) is 24.3 Å². The molecule has 1 amide bonds. The molecule has 1 aromatic carbocycles. The maximum atomic E-state index is 12.0. The lowest BCUT2D eigenvalue weighted by Crippen LogP contribution is -2.50. The fraction of sp³-hybridized carbons (Fsp3) is 0.462. The van der Waals surface area contributed by atoms with Crippen LogP contribution in [0.3, 0.4) is 0 Å². The summed E-state index contributed by atoms with van der Waals surface area (Å²) in [5.41, 5.74) is 0.752. The highest BCUT2D eigenvalue weighted by atomic mass is 19.4. The molecule has 20 heavy (non-hydrogen) atoms. The number of nitrogens with zero attached hydrogens (tertiary/aromatic N) is 1. The molecule has 0 spiro atoms. The molecule has 0 radical (unpaired) electrons. The molecule has 0 unspecified atom stereocenters. The van der Waals surface area contributed by atoms with Crippen molar-refractivity contribution in [1.29, 1.82) is 0 Å². The summed E-state index contributed by atoms with van der Waals surface area (Å²) in [6.07, 6.45) is -4.69. The number of halogens is 3. The maximum Gasteiger partial charge on any atom is 0.573 e. The number of alkyl halides is 3. The van der Waals surface area contributed by atoms with E-state index in [0.717, 1.165) is 5.56 Å². The van der Waals surface area contributed by atoms with E-state index in [1.54, 1.807) is 11.9 Å². The van der Waals surface area contributed by atoms with Crippen molar-refractivity contribution in [3.8, 4) is 5.75 Å². The lowest BCUT2D eigenvalue weighted by Gasteiger charge is -2.30. The molecule has 110 valence electrons. The van der Waals surface area contributed by atoms with Gasteiger partial charge < -0.3 is 15.0 Å². The van der Waals surface area contributed by atoms with Gasteiger partial charge in [-0.15, -0.1) is 13.2 Å². The summed E-state index contributed by atoms with van der Waals surface area (Å²) in [5, 5.41) is 3.02. The topological polar surface area (TPSA) is 41.6 Å². The van der Waals surface area contributed by atoms with Crippen LogP contribution in [0.2, 0.25) is 0 Å². The van der Waals surface area contributed by atoms with Gasteiger partial charge in [0.25, 0.3) is 0 Å². The quantitative estimate of drug-likeness (QED) is 0.918. The van der Waals surface area contributed by atoms with E-state index in [9.17, 15) is 18.0 Å². The molecule has 4 nitrogen and oxygen atoms in total. The van der Waals surface area contributed by atoms with Gasteiger partial charge in [-0.05, 0) is 17.7 Å². The van der Waals surface area contributed by atoms with E-state index in [1.165, 1.54) is 24.3 Å². The van der Waals surface area contributed by atoms with Gasteiger partial charge in [-0.2, -0.15) is 0 Å². The van der Waals surface area contributed by atoms with Crippen molar-refractivity contribution >= 4 is 5.91 Å². The minimum atomic E-state index is -4.69. The minimum absolute atomic E-state index is 0.00726. The Balaban J connectivity index is 1.91. The van der Waals surface area contributed by atoms with E-state index in [1.807, 2.05) is 0 Å². The SMILES string of the molecule is CN(Cc1ccc(OC(F)(F)F)cc1)C(=O)C1CNC1. The van der Waals surface area contributed by atoms with Gasteiger partial charge in [0.15, 0.2) is 0 Å². The van der Waals surface area contributed by atoms with Crippen molar-refractivity contribution in [2.75, 3.05) is 20.1 Å². The van der Waals surface area contributed by atoms with Crippen molar-refractivity contribution < 1.29 is 22.7 Å². The Kier molecular flexibility index (Phi) is 4.17. The molecule has 2 rings (SSSR count). The Labute approximate surface area is 114 Å². The van der Waals surface area contributed by atoms with Crippen LogP contribution in [0.5, 0.6) is 5.75 Å². The summed E-state index contributed by atoms with van der Waals surface area (Å²) >= 11 is 0. The second-order valence-corrected chi connectivity index (χ2v) is 4.74. The standard InChI is InChI=1S/C13H15F3N2O2/c1-18(12(19)10-6-17-7-10)8-9-2-4-11(5-3-9)20-13(14,15)16/h2-5,10,17H,6-8H2,1H3. The molecule has 1 N–H and O–H groups in total. The summed E-state index contributed by atoms with van der Waals surface area (Å²) in [5.74, 6) is -0.217. The summed E-state index contributed by atoms with van der Waals surface area (Å²) in [6, 6.07) is 5.52. The highest BCUT2D eigenvalue weighted by molar-refractivity contribution is 5.79. The van der Waals surface area contributed by atoms with Crippen molar-refractivity contribution in [1.82, 2.24) is 10.2 Å². The molecule has 0 bridgehead atoms. The lowest BCUT2D eigenvalue weighted by molar-refractivity contribution is -0.274. The Morgan fingerprint density at radius 1 is 1.35 bits per heavy atom. The van der Waals surface area contributed by atoms with E-state index in [-0.39, 0.29) is 17.6 Å². The maximum absolute atomic E-state index is 12.0. The normalized spacial score (nSPS) is 15.6. The van der Waals surface area contributed by atoms with Gasteiger partial charge >= 0.3 is 6.36 Å². The first-order chi connectivity index (χ1) is 9.35. The van der Waals surface area contributed by atoms with Crippen molar-refractivity contribution in [2.45, 2.75) is 12.9 Å². The van der Waals surface area contributed by atoms with Gasteiger partial charge in [0.05, 0.1) is 5.92 Å². The van der Waals surface area contributed by atoms with Crippen LogP contribution in [-0.4, -0.2) is 37.3 Å². The first kappa shape index (κ1) is 14.6. The third kappa shape index (κ3) is 3.86. The number of ether oxygens (including phenoxy) is 1. The predicted molar refractivity (Wildman–Crippen MR) is 66.0 cm³/mol. The van der Waals surface area contributed by atoms with Gasteiger partial charge in [0.1, 0.15) is 5.75 Å². The van der Waals surface area contributed by atoms with Crippen LogP contribution in [0.1, 0.15) is 5.56 Å². The summed E-state index contributed by atoms with van der Waals surface area (Å²) in [6.45, 7) is 1.73. The zero-order valence-electron chi connectivity index (χ0n) is 10.9. The number of rotatable bonds is 4. The van der Waals surface area contributed by atoms with E-state index >= 15 is 0 Å². The molecule has 1 aromatic rings. The third-order valence-corrected chi connectivity index (χ3v) is 3.08. The average molecular weight is 288 g/mol. The van der Waals surface area contributed by atoms with Crippen LogP contribution >= 0.6 is 0 Å². The van der Waals surface area contributed by atoms with Crippen molar-refractivity contribution in [3.05, 3.63) is 29.8 Å². The predicted octanol–water partition coefficient (Wildman–Crippen LogP) is 1.76. The summed E-state index contributed by atoms with van der Waals surface area (Å²) < 4.78 is 39.8. The molecule has 7 heteroatoms. The minimum Gasteiger partial charge on any atom is -0.406 e. The summed E-state index contributed by atoms with van der Waals surface area (Å²) in [4.78, 5) is 13.5. The Morgan fingerprint density at radius 2 is 1.95 bits per heavy atom. The fourth-order valence-electron chi connectivity index (χ4n) is 1.92. The molecular formula is C13H15F3N2O2. The number of hydrogen-bond donors (Lipinski definition) is 1. The second kappa shape index (κ2) is 5.70. The number of carbonyl (C=O) groups is 1. The van der Waals surface area contributed by atoms with Gasteiger partial charge in [-0.3, -0.25) is 4.79 Å². The monoisotopic (exact) mass is 288 g/mol. The molecule has 1 saturated heterocycles. The van der Waals surface area contributed by atoms with Gasteiger partial charge in [0, 0.05) is 26.7 Å². The molecule has 0 aliphatic carbocycles. The van der Waals surface area contributed by atoms with Crippen molar-refractivity contribution in [3.63, 3.8) is 0 Å². The molecule has 0 atom stereocenters. The molecule has 1 fully saturated rings. The van der Waals surface area contributed by atoms with Gasteiger partial charge in [0.2, 0.25) is 5.91 Å². The Hall–Kier alpha value is -1.76. The third-order valence-electron chi connectivity index (χ3n) is 3.08. The number of hydrogen-bond acceptors (Lipinski definition) is 3. The highest BCUT2D eigenvalue weighted by Crippen LogP contribution is 2.23. The zero-order chi connectivity index (χ0) is 14.8. The van der Waals surface area contributed by atoms with Gasteiger partial charge in [-0.25, -0.2) is 0 Å². The average Bonchev–Trinajstić information content (AvgIpc) is 2.27. The van der Waals surface area contributed by atoms with Crippen LogP contribution in [-0.2, 0) is 11.3 Å². The van der Waals surface area contributed by atoms with E-state index in [0.29, 0.717) is 19.6 Å².